The van der Waals surface area contributed by atoms with Crippen LogP contribution in [0.15, 0.2) is 31.1 Å². The minimum Gasteiger partial charge on any atom is -0.251 e. The van der Waals surface area contributed by atoms with Gasteiger partial charge in [0.1, 0.15) is 5.50 Å². The van der Waals surface area contributed by atoms with Crippen LogP contribution in [0.4, 0.5) is 0 Å². The van der Waals surface area contributed by atoms with Gasteiger partial charge in [0.05, 0.1) is 0 Å². The average Bonchev–Trinajstić information content (AvgIpc) is 2.37. The van der Waals surface area contributed by atoms with Crippen molar-refractivity contribution in [2.24, 2.45) is 0 Å². The fraction of sp³-hybridized carbons (Fsp3) is 0.167. The van der Waals surface area contributed by atoms with E-state index >= 15 is 0 Å². The third-order valence-electron chi connectivity index (χ3n) is 0.972. The molecule has 0 fully saturated rings. The molecule has 0 saturated carbocycles. The van der Waals surface area contributed by atoms with Gasteiger partial charge in [-0.3, -0.25) is 4.68 Å². The zero-order valence-electron chi connectivity index (χ0n) is 4.87. The lowest BCUT2D eigenvalue weighted by Gasteiger charge is -2.01. The van der Waals surface area contributed by atoms with E-state index in [0.29, 0.717) is 0 Å². The molecule has 3 heteroatoms. The van der Waals surface area contributed by atoms with Crippen molar-refractivity contribution in [2.75, 3.05) is 0 Å². The van der Waals surface area contributed by atoms with Crippen molar-refractivity contribution in [1.82, 2.24) is 9.78 Å². The molecule has 9 heavy (non-hydrogen) atoms. The molecule has 1 aromatic rings. The van der Waals surface area contributed by atoms with Gasteiger partial charge in [0.25, 0.3) is 0 Å². The first-order chi connectivity index (χ1) is 4.34. The Balaban J connectivity index is 2.76. The number of alkyl halides is 1. The quantitative estimate of drug-likeness (QED) is 0.455. The second-order valence-electron chi connectivity index (χ2n) is 1.59. The van der Waals surface area contributed by atoms with Crippen LogP contribution in [-0.4, -0.2) is 9.78 Å². The van der Waals surface area contributed by atoms with Gasteiger partial charge in [-0.1, -0.05) is 24.3 Å². The van der Waals surface area contributed by atoms with E-state index in [2.05, 4.69) is 11.7 Å². The Kier molecular flexibility index (Phi) is 1.90. The van der Waals surface area contributed by atoms with Crippen LogP contribution in [0, 0.1) is 0 Å². The number of hydrogen-bond acceptors (Lipinski definition) is 1. The summed E-state index contributed by atoms with van der Waals surface area (Å²) in [5.74, 6) is 0. The summed E-state index contributed by atoms with van der Waals surface area (Å²) >= 11 is 5.71. The lowest BCUT2D eigenvalue weighted by molar-refractivity contribution is 0.678. The van der Waals surface area contributed by atoms with Crippen LogP contribution in [0.1, 0.15) is 5.50 Å². The zero-order valence-corrected chi connectivity index (χ0v) is 5.62. The molecule has 0 aliphatic heterocycles. The molecule has 48 valence electrons. The van der Waals surface area contributed by atoms with E-state index in [9.17, 15) is 0 Å². The van der Waals surface area contributed by atoms with Crippen LogP contribution in [-0.2, 0) is 0 Å². The molecule has 1 heterocycles. The van der Waals surface area contributed by atoms with E-state index in [-0.39, 0.29) is 5.50 Å². The van der Waals surface area contributed by atoms with Gasteiger partial charge in [-0.2, -0.15) is 5.10 Å². The van der Waals surface area contributed by atoms with Gasteiger partial charge in [-0.25, -0.2) is 0 Å². The molecule has 1 rings (SSSR count). The maximum Gasteiger partial charge on any atom is 0.143 e. The molecular formula is C6H7ClN2. The standard InChI is InChI=1S/C6H7ClN2/c1-2-6(7)9-5-3-4-8-9/h2-6H,1H2. The van der Waals surface area contributed by atoms with Crippen molar-refractivity contribution in [1.29, 1.82) is 0 Å². The molecule has 1 unspecified atom stereocenters. The topological polar surface area (TPSA) is 17.8 Å². The van der Waals surface area contributed by atoms with Gasteiger partial charge in [0.2, 0.25) is 0 Å². The average molecular weight is 143 g/mol. The highest BCUT2D eigenvalue weighted by atomic mass is 35.5. The smallest absolute Gasteiger partial charge is 0.143 e. The Labute approximate surface area is 58.7 Å². The van der Waals surface area contributed by atoms with Crippen molar-refractivity contribution < 1.29 is 0 Å². The summed E-state index contributed by atoms with van der Waals surface area (Å²) in [7, 11) is 0. The molecule has 0 aromatic carbocycles. The molecule has 0 radical (unpaired) electrons. The minimum atomic E-state index is -0.222. The maximum absolute atomic E-state index is 5.71. The van der Waals surface area contributed by atoms with Crippen molar-refractivity contribution in [3.05, 3.63) is 31.1 Å². The zero-order chi connectivity index (χ0) is 6.69. The fourth-order valence-electron chi connectivity index (χ4n) is 0.535. The molecule has 0 aliphatic carbocycles. The van der Waals surface area contributed by atoms with E-state index in [1.54, 1.807) is 23.2 Å². The number of allylic oxidation sites excluding steroid dienone is 1. The molecular weight excluding hydrogens is 136 g/mol. The SMILES string of the molecule is C=CC(Cl)n1cccn1. The highest BCUT2D eigenvalue weighted by molar-refractivity contribution is 6.20. The summed E-state index contributed by atoms with van der Waals surface area (Å²) in [5.41, 5.74) is -0.222. The van der Waals surface area contributed by atoms with Crippen LogP contribution in [0.5, 0.6) is 0 Å². The molecule has 0 aliphatic rings. The normalized spacial score (nSPS) is 13.0. The Morgan fingerprint density at radius 2 is 2.56 bits per heavy atom. The van der Waals surface area contributed by atoms with E-state index < -0.39 is 0 Å². The predicted molar refractivity (Wildman–Crippen MR) is 37.3 cm³/mol. The van der Waals surface area contributed by atoms with Crippen LogP contribution in [0.2, 0.25) is 0 Å². The first kappa shape index (κ1) is 6.36. The second kappa shape index (κ2) is 2.69. The molecule has 0 bridgehead atoms. The van der Waals surface area contributed by atoms with Gasteiger partial charge < -0.3 is 0 Å². The molecule has 1 atom stereocenters. The molecule has 0 spiro atoms. The summed E-state index contributed by atoms with van der Waals surface area (Å²) < 4.78 is 1.62. The Morgan fingerprint density at radius 3 is 3.00 bits per heavy atom. The van der Waals surface area contributed by atoms with Gasteiger partial charge in [-0.05, 0) is 6.07 Å². The first-order valence-corrected chi connectivity index (χ1v) is 3.04. The van der Waals surface area contributed by atoms with E-state index in [1.807, 2.05) is 6.07 Å². The fourth-order valence-corrected chi connectivity index (χ4v) is 0.650. The van der Waals surface area contributed by atoms with Crippen molar-refractivity contribution >= 4 is 11.6 Å². The third kappa shape index (κ3) is 1.33. The number of halogens is 1. The second-order valence-corrected chi connectivity index (χ2v) is 2.04. The van der Waals surface area contributed by atoms with Crippen molar-refractivity contribution in [3.8, 4) is 0 Å². The minimum absolute atomic E-state index is 0.222. The van der Waals surface area contributed by atoms with Crippen LogP contribution >= 0.6 is 11.6 Å². The van der Waals surface area contributed by atoms with Gasteiger partial charge in [-0.15, -0.1) is 0 Å². The van der Waals surface area contributed by atoms with Gasteiger partial charge in [0.15, 0.2) is 0 Å². The summed E-state index contributed by atoms with van der Waals surface area (Å²) in [5, 5.41) is 3.90. The highest BCUT2D eigenvalue weighted by Crippen LogP contribution is 2.09. The van der Waals surface area contributed by atoms with Crippen LogP contribution in [0.25, 0.3) is 0 Å². The summed E-state index contributed by atoms with van der Waals surface area (Å²) in [6, 6.07) is 1.82. The molecule has 0 N–H and O–H groups in total. The monoisotopic (exact) mass is 142 g/mol. The van der Waals surface area contributed by atoms with E-state index in [4.69, 9.17) is 11.6 Å². The Bertz CT molecular complexity index is 181. The van der Waals surface area contributed by atoms with Gasteiger partial charge >= 0.3 is 0 Å². The third-order valence-corrected chi connectivity index (χ3v) is 1.35. The van der Waals surface area contributed by atoms with Crippen molar-refractivity contribution in [2.45, 2.75) is 5.50 Å². The molecule has 0 saturated heterocycles. The van der Waals surface area contributed by atoms with Crippen LogP contribution in [0.3, 0.4) is 0 Å². The highest BCUT2D eigenvalue weighted by Gasteiger charge is 1.97. The summed E-state index contributed by atoms with van der Waals surface area (Å²) in [4.78, 5) is 0. The molecule has 0 amide bonds. The Morgan fingerprint density at radius 1 is 1.78 bits per heavy atom. The molecule has 1 aromatic heterocycles. The largest absolute Gasteiger partial charge is 0.251 e. The van der Waals surface area contributed by atoms with Crippen LogP contribution < -0.4 is 0 Å². The first-order valence-electron chi connectivity index (χ1n) is 2.60. The lowest BCUT2D eigenvalue weighted by Crippen LogP contribution is -1.98. The summed E-state index contributed by atoms with van der Waals surface area (Å²) in [6.07, 6.45) is 5.09. The molecule has 2 nitrogen and oxygen atoms in total. The van der Waals surface area contributed by atoms with Gasteiger partial charge in [0, 0.05) is 12.4 Å². The predicted octanol–water partition coefficient (Wildman–Crippen LogP) is 1.81. The maximum atomic E-state index is 5.71. The Hall–Kier alpha value is -0.760. The number of rotatable bonds is 2. The number of aromatic nitrogens is 2. The number of nitrogens with zero attached hydrogens (tertiary/aromatic N) is 2. The van der Waals surface area contributed by atoms with Crippen molar-refractivity contribution in [3.63, 3.8) is 0 Å². The summed E-state index contributed by atoms with van der Waals surface area (Å²) in [6.45, 7) is 3.52. The lowest BCUT2D eigenvalue weighted by atomic mass is 10.6. The van der Waals surface area contributed by atoms with E-state index in [0.717, 1.165) is 0 Å². The van der Waals surface area contributed by atoms with E-state index in [1.165, 1.54) is 0 Å². The number of hydrogen-bond donors (Lipinski definition) is 0.